The number of carbonyl (C=O) groups is 1. The topological polar surface area (TPSA) is 90.2 Å². The number of halogens is 3. The van der Waals surface area contributed by atoms with Crippen molar-refractivity contribution in [3.05, 3.63) is 41.7 Å². The van der Waals surface area contributed by atoms with Gasteiger partial charge in [-0.3, -0.25) is 9.69 Å². The third kappa shape index (κ3) is 5.65. The Balaban J connectivity index is 1.57. The van der Waals surface area contributed by atoms with Crippen molar-refractivity contribution >= 4 is 11.6 Å². The molecule has 1 amide bonds. The van der Waals surface area contributed by atoms with Crippen molar-refractivity contribution in [2.45, 2.75) is 12.6 Å². The van der Waals surface area contributed by atoms with Crippen molar-refractivity contribution in [3.63, 3.8) is 0 Å². The molecule has 35 heavy (non-hydrogen) atoms. The van der Waals surface area contributed by atoms with Crippen LogP contribution in [0.4, 0.5) is 13.2 Å². The zero-order chi connectivity index (χ0) is 25.0. The number of amides is 1. The summed E-state index contributed by atoms with van der Waals surface area (Å²) in [5.41, 5.74) is -0.824. The Kier molecular flexibility index (Phi) is 7.41. The first-order chi connectivity index (χ1) is 16.8. The molecule has 0 unspecified atom stereocenters. The Morgan fingerprint density at radius 2 is 1.86 bits per heavy atom. The second-order valence-electron chi connectivity index (χ2n) is 7.96. The Morgan fingerprint density at radius 3 is 2.54 bits per heavy atom. The largest absolute Gasteiger partial charge is 0.493 e. The number of rotatable bonds is 8. The van der Waals surface area contributed by atoms with Crippen LogP contribution in [0.2, 0.25) is 0 Å². The molecule has 9 nitrogen and oxygen atoms in total. The maximum Gasteiger partial charge on any atom is 0.433 e. The minimum atomic E-state index is -4.72. The molecule has 3 heterocycles. The second kappa shape index (κ2) is 10.5. The van der Waals surface area contributed by atoms with Gasteiger partial charge >= 0.3 is 6.18 Å². The standard InChI is InChI=1S/C23H26F3N5O4/c1-33-18-5-4-15(12-19(18)34-2)16-13-20(23(24,25)26)31-21(28-16)14-17(29-31)22(32)27-6-3-7-30-8-10-35-11-9-30/h4-5,12-14H,3,6-11H2,1-2H3,(H,27,32). The van der Waals surface area contributed by atoms with E-state index in [1.165, 1.54) is 26.4 Å². The molecule has 188 valence electrons. The fourth-order valence-electron chi connectivity index (χ4n) is 3.85. The number of aromatic nitrogens is 3. The Bertz CT molecular complexity index is 1190. The number of fused-ring (bicyclic) bond motifs is 1. The zero-order valence-electron chi connectivity index (χ0n) is 19.4. The van der Waals surface area contributed by atoms with Crippen molar-refractivity contribution in [3.8, 4) is 22.8 Å². The molecule has 0 saturated carbocycles. The molecule has 1 aliphatic heterocycles. The predicted octanol–water partition coefficient (Wildman–Crippen LogP) is 2.88. The number of alkyl halides is 3. The highest BCUT2D eigenvalue weighted by atomic mass is 19.4. The highest BCUT2D eigenvalue weighted by Gasteiger charge is 2.35. The van der Waals surface area contributed by atoms with Crippen molar-refractivity contribution in [1.82, 2.24) is 24.8 Å². The molecule has 1 aromatic carbocycles. The number of carbonyl (C=O) groups excluding carboxylic acids is 1. The lowest BCUT2D eigenvalue weighted by Crippen LogP contribution is -2.38. The van der Waals surface area contributed by atoms with E-state index in [4.69, 9.17) is 14.2 Å². The highest BCUT2D eigenvalue weighted by molar-refractivity contribution is 5.93. The van der Waals surface area contributed by atoms with E-state index in [1.54, 1.807) is 12.1 Å². The molecule has 4 rings (SSSR count). The van der Waals surface area contributed by atoms with Gasteiger partial charge in [0.05, 0.1) is 33.1 Å². The van der Waals surface area contributed by atoms with Crippen molar-refractivity contribution in [2.24, 2.45) is 0 Å². The molecule has 0 spiro atoms. The average molecular weight is 493 g/mol. The number of hydrogen-bond acceptors (Lipinski definition) is 7. The number of methoxy groups -OCH3 is 2. The first-order valence-electron chi connectivity index (χ1n) is 11.1. The normalized spacial score (nSPS) is 14.8. The number of hydrogen-bond donors (Lipinski definition) is 1. The van der Waals surface area contributed by atoms with Gasteiger partial charge in [-0.2, -0.15) is 18.3 Å². The van der Waals surface area contributed by atoms with E-state index in [2.05, 4.69) is 20.3 Å². The summed E-state index contributed by atoms with van der Waals surface area (Å²) in [7, 11) is 2.90. The third-order valence-corrected chi connectivity index (χ3v) is 5.67. The van der Waals surface area contributed by atoms with E-state index in [0.29, 0.717) is 47.8 Å². The Morgan fingerprint density at radius 1 is 1.11 bits per heavy atom. The summed E-state index contributed by atoms with van der Waals surface area (Å²) in [6.45, 7) is 4.23. The maximum absolute atomic E-state index is 13.9. The molecule has 1 aliphatic rings. The molecule has 12 heteroatoms. The fourth-order valence-corrected chi connectivity index (χ4v) is 3.85. The van der Waals surface area contributed by atoms with Gasteiger partial charge in [0.25, 0.3) is 5.91 Å². The number of benzene rings is 1. The summed E-state index contributed by atoms with van der Waals surface area (Å²) in [4.78, 5) is 19.1. The zero-order valence-corrected chi connectivity index (χ0v) is 19.4. The van der Waals surface area contributed by atoms with Gasteiger partial charge in [0.15, 0.2) is 28.5 Å². The average Bonchev–Trinajstić information content (AvgIpc) is 3.29. The second-order valence-corrected chi connectivity index (χ2v) is 7.96. The lowest BCUT2D eigenvalue weighted by molar-refractivity contribution is -0.142. The molecule has 0 atom stereocenters. The van der Waals surface area contributed by atoms with Crippen LogP contribution < -0.4 is 14.8 Å². The summed E-state index contributed by atoms with van der Waals surface area (Å²) in [6.07, 6.45) is -4.01. The van der Waals surface area contributed by atoms with Gasteiger partial charge in [0.1, 0.15) is 0 Å². The van der Waals surface area contributed by atoms with Crippen LogP contribution in [0.5, 0.6) is 11.5 Å². The minimum Gasteiger partial charge on any atom is -0.493 e. The fraction of sp³-hybridized carbons (Fsp3) is 0.435. The third-order valence-electron chi connectivity index (χ3n) is 5.67. The molecule has 0 bridgehead atoms. The Hall–Kier alpha value is -3.38. The first kappa shape index (κ1) is 24.7. The number of ether oxygens (including phenoxy) is 3. The number of nitrogens with zero attached hydrogens (tertiary/aromatic N) is 4. The lowest BCUT2D eigenvalue weighted by atomic mass is 10.1. The molecule has 3 aromatic rings. The van der Waals surface area contributed by atoms with E-state index in [-0.39, 0.29) is 17.0 Å². The molecule has 2 aromatic heterocycles. The van der Waals surface area contributed by atoms with Crippen LogP contribution in [0, 0.1) is 0 Å². The van der Waals surface area contributed by atoms with E-state index in [1.807, 2.05) is 0 Å². The van der Waals surface area contributed by atoms with E-state index >= 15 is 0 Å². The highest BCUT2D eigenvalue weighted by Crippen LogP contribution is 2.35. The van der Waals surface area contributed by atoms with Crippen LogP contribution in [-0.4, -0.2) is 79.0 Å². The van der Waals surface area contributed by atoms with Gasteiger partial charge < -0.3 is 19.5 Å². The van der Waals surface area contributed by atoms with Crippen molar-refractivity contribution in [2.75, 3.05) is 53.6 Å². The first-order valence-corrected chi connectivity index (χ1v) is 11.1. The summed E-state index contributed by atoms with van der Waals surface area (Å²) in [5.74, 6) is 0.231. The van der Waals surface area contributed by atoms with Gasteiger partial charge in [-0.05, 0) is 37.2 Å². The van der Waals surface area contributed by atoms with Crippen LogP contribution >= 0.6 is 0 Å². The molecule has 1 fully saturated rings. The van der Waals surface area contributed by atoms with E-state index < -0.39 is 17.8 Å². The number of morpholine rings is 1. The quantitative estimate of drug-likeness (QED) is 0.483. The van der Waals surface area contributed by atoms with Gasteiger partial charge in [0.2, 0.25) is 0 Å². The van der Waals surface area contributed by atoms with Gasteiger partial charge in [0, 0.05) is 31.3 Å². The molecule has 1 saturated heterocycles. The maximum atomic E-state index is 13.9. The van der Waals surface area contributed by atoms with Gasteiger partial charge in [-0.1, -0.05) is 0 Å². The molecular weight excluding hydrogens is 467 g/mol. The summed E-state index contributed by atoms with van der Waals surface area (Å²) in [6, 6.07) is 6.84. The van der Waals surface area contributed by atoms with Gasteiger partial charge in [-0.25, -0.2) is 9.50 Å². The molecule has 1 N–H and O–H groups in total. The van der Waals surface area contributed by atoms with Crippen LogP contribution in [0.3, 0.4) is 0 Å². The van der Waals surface area contributed by atoms with E-state index in [9.17, 15) is 18.0 Å². The van der Waals surface area contributed by atoms with Crippen molar-refractivity contribution < 1.29 is 32.2 Å². The Labute approximate surface area is 199 Å². The SMILES string of the molecule is COc1ccc(-c2cc(C(F)(F)F)n3nc(C(=O)NCCCN4CCOCC4)cc3n2)cc1OC. The van der Waals surface area contributed by atoms with Crippen molar-refractivity contribution in [1.29, 1.82) is 0 Å². The molecular formula is C23H26F3N5O4. The summed E-state index contributed by atoms with van der Waals surface area (Å²) < 4.78 is 58.0. The predicted molar refractivity (Wildman–Crippen MR) is 121 cm³/mol. The monoisotopic (exact) mass is 493 g/mol. The molecule has 0 aliphatic carbocycles. The van der Waals surface area contributed by atoms with Crippen LogP contribution in [0.15, 0.2) is 30.3 Å². The molecule has 0 radical (unpaired) electrons. The summed E-state index contributed by atoms with van der Waals surface area (Å²) >= 11 is 0. The summed E-state index contributed by atoms with van der Waals surface area (Å²) in [5, 5.41) is 6.61. The minimum absolute atomic E-state index is 0.0585. The lowest BCUT2D eigenvalue weighted by Gasteiger charge is -2.26. The number of nitrogens with one attached hydrogen (secondary N) is 1. The smallest absolute Gasteiger partial charge is 0.433 e. The van der Waals surface area contributed by atoms with Crippen LogP contribution in [-0.2, 0) is 10.9 Å². The van der Waals surface area contributed by atoms with Crippen LogP contribution in [0.1, 0.15) is 22.6 Å². The van der Waals surface area contributed by atoms with Gasteiger partial charge in [-0.15, -0.1) is 0 Å². The van der Waals surface area contributed by atoms with E-state index in [0.717, 1.165) is 25.7 Å². The van der Waals surface area contributed by atoms with Crippen LogP contribution in [0.25, 0.3) is 16.9 Å².